The number of anilines is 1. The highest BCUT2D eigenvalue weighted by Crippen LogP contribution is 2.28. The van der Waals surface area contributed by atoms with Crippen molar-refractivity contribution in [2.45, 2.75) is 55.9 Å². The van der Waals surface area contributed by atoms with Gasteiger partial charge in [0.05, 0.1) is 9.79 Å². The first-order valence-corrected chi connectivity index (χ1v) is 14.4. The Hall–Kier alpha value is -1.94. The molecule has 0 spiro atoms. The van der Waals surface area contributed by atoms with Crippen LogP contribution >= 0.6 is 0 Å². The van der Waals surface area contributed by atoms with Crippen molar-refractivity contribution in [1.82, 2.24) is 8.61 Å². The largest absolute Gasteiger partial charge is 0.369 e. The van der Waals surface area contributed by atoms with Gasteiger partial charge >= 0.3 is 0 Å². The van der Waals surface area contributed by atoms with E-state index in [0.717, 1.165) is 24.9 Å². The van der Waals surface area contributed by atoms with Crippen LogP contribution in [0.3, 0.4) is 0 Å². The first-order valence-electron chi connectivity index (χ1n) is 11.5. The summed E-state index contributed by atoms with van der Waals surface area (Å²) in [6.07, 6.45) is 2.73. The van der Waals surface area contributed by atoms with Gasteiger partial charge < -0.3 is 4.90 Å². The number of rotatable bonds is 5. The van der Waals surface area contributed by atoms with Gasteiger partial charge in [-0.2, -0.15) is 8.61 Å². The molecule has 2 aromatic rings. The van der Waals surface area contributed by atoms with Gasteiger partial charge in [-0.25, -0.2) is 16.8 Å². The van der Waals surface area contributed by atoms with Gasteiger partial charge in [0.25, 0.3) is 0 Å². The number of benzene rings is 2. The maximum absolute atomic E-state index is 13.2. The molecule has 0 unspecified atom stereocenters. The van der Waals surface area contributed by atoms with Crippen molar-refractivity contribution in [1.29, 1.82) is 0 Å². The highest BCUT2D eigenvalue weighted by atomic mass is 32.2. The number of hydrogen-bond acceptors (Lipinski definition) is 5. The zero-order valence-corrected chi connectivity index (χ0v) is 21.2. The molecular weight excluding hydrogens is 458 g/mol. The van der Waals surface area contributed by atoms with E-state index in [-0.39, 0.29) is 15.8 Å². The van der Waals surface area contributed by atoms with Crippen LogP contribution in [-0.4, -0.2) is 64.2 Å². The maximum atomic E-state index is 13.2. The fourth-order valence-corrected chi connectivity index (χ4v) is 7.85. The molecule has 2 aromatic carbocycles. The molecule has 0 saturated carbocycles. The zero-order valence-electron chi connectivity index (χ0n) is 19.6. The van der Waals surface area contributed by atoms with Crippen molar-refractivity contribution in [2.24, 2.45) is 0 Å². The lowest BCUT2D eigenvalue weighted by Gasteiger charge is -2.36. The second-order valence-electron chi connectivity index (χ2n) is 9.11. The predicted octanol–water partition coefficient (Wildman–Crippen LogP) is 3.38. The third-order valence-corrected chi connectivity index (χ3v) is 10.7. The second kappa shape index (κ2) is 9.37. The molecule has 9 heteroatoms. The summed E-state index contributed by atoms with van der Waals surface area (Å²) in [6.45, 7) is 8.56. The third-order valence-electron chi connectivity index (χ3n) is 6.75. The summed E-state index contributed by atoms with van der Waals surface area (Å²) in [5, 5.41) is 0. The fourth-order valence-electron chi connectivity index (χ4n) is 4.73. The lowest BCUT2D eigenvalue weighted by Crippen LogP contribution is -2.48. The molecule has 33 heavy (non-hydrogen) atoms. The fraction of sp³-hybridized carbons (Fsp3) is 0.500. The van der Waals surface area contributed by atoms with Gasteiger partial charge in [-0.1, -0.05) is 18.6 Å². The number of nitrogens with zero attached hydrogens (tertiary/aromatic N) is 3. The molecule has 7 nitrogen and oxygen atoms in total. The van der Waals surface area contributed by atoms with Crippen LogP contribution in [0.15, 0.2) is 52.3 Å². The van der Waals surface area contributed by atoms with Gasteiger partial charge in [0.2, 0.25) is 20.0 Å². The van der Waals surface area contributed by atoms with Gasteiger partial charge in [0, 0.05) is 44.5 Å². The van der Waals surface area contributed by atoms with Crippen LogP contribution in [0.5, 0.6) is 0 Å². The van der Waals surface area contributed by atoms with Crippen molar-refractivity contribution in [3.05, 3.63) is 53.6 Å². The van der Waals surface area contributed by atoms with Crippen LogP contribution < -0.4 is 4.90 Å². The van der Waals surface area contributed by atoms with Crippen molar-refractivity contribution in [3.63, 3.8) is 0 Å². The van der Waals surface area contributed by atoms with Crippen molar-refractivity contribution in [3.8, 4) is 0 Å². The molecule has 2 aliphatic heterocycles. The SMILES string of the molecule is Cc1ccc(C)c(N2CCN(S(=O)(=O)c3ccc(S(=O)(=O)N4CCCC[C@@H]4C)cc3)CC2)c1. The van der Waals surface area contributed by atoms with Crippen LogP contribution in [0, 0.1) is 13.8 Å². The smallest absolute Gasteiger partial charge is 0.243 e. The molecule has 0 N–H and O–H groups in total. The molecular formula is C24H33N3O4S2. The van der Waals surface area contributed by atoms with Crippen LogP contribution in [0.2, 0.25) is 0 Å². The third kappa shape index (κ3) is 4.82. The van der Waals surface area contributed by atoms with Crippen molar-refractivity contribution in [2.75, 3.05) is 37.6 Å². The molecule has 0 aromatic heterocycles. The Morgan fingerprint density at radius 1 is 0.758 bits per heavy atom. The van der Waals surface area contributed by atoms with Gasteiger partial charge in [-0.3, -0.25) is 0 Å². The summed E-state index contributed by atoms with van der Waals surface area (Å²) in [6, 6.07) is 12.0. The van der Waals surface area contributed by atoms with E-state index in [1.165, 1.54) is 44.0 Å². The van der Waals surface area contributed by atoms with E-state index in [1.807, 2.05) is 6.92 Å². The Kier molecular flexibility index (Phi) is 6.87. The number of sulfonamides is 2. The summed E-state index contributed by atoms with van der Waals surface area (Å²) >= 11 is 0. The minimum atomic E-state index is -3.69. The summed E-state index contributed by atoms with van der Waals surface area (Å²) in [4.78, 5) is 2.51. The first-order chi connectivity index (χ1) is 15.6. The van der Waals surface area contributed by atoms with Crippen LogP contribution in [-0.2, 0) is 20.0 Å². The summed E-state index contributed by atoms with van der Waals surface area (Å²) < 4.78 is 55.5. The van der Waals surface area contributed by atoms with E-state index in [9.17, 15) is 16.8 Å². The number of hydrogen-bond donors (Lipinski definition) is 0. The molecule has 2 saturated heterocycles. The van der Waals surface area contributed by atoms with E-state index in [1.54, 1.807) is 0 Å². The highest BCUT2D eigenvalue weighted by molar-refractivity contribution is 7.89. The van der Waals surface area contributed by atoms with E-state index in [2.05, 4.69) is 36.9 Å². The molecule has 2 aliphatic rings. The van der Waals surface area contributed by atoms with E-state index >= 15 is 0 Å². The predicted molar refractivity (Wildman–Crippen MR) is 131 cm³/mol. The second-order valence-corrected chi connectivity index (χ2v) is 12.9. The molecule has 0 aliphatic carbocycles. The molecule has 0 amide bonds. The monoisotopic (exact) mass is 491 g/mol. The van der Waals surface area contributed by atoms with Crippen LogP contribution in [0.4, 0.5) is 5.69 Å². The molecule has 0 radical (unpaired) electrons. The topological polar surface area (TPSA) is 78.0 Å². The van der Waals surface area contributed by atoms with Crippen molar-refractivity contribution < 1.29 is 16.8 Å². The molecule has 1 atom stereocenters. The van der Waals surface area contributed by atoms with Gasteiger partial charge in [0.15, 0.2) is 0 Å². The van der Waals surface area contributed by atoms with Gasteiger partial charge in [-0.05, 0) is 75.1 Å². The minimum Gasteiger partial charge on any atom is -0.369 e. The Morgan fingerprint density at radius 3 is 1.97 bits per heavy atom. The van der Waals surface area contributed by atoms with Gasteiger partial charge in [0.1, 0.15) is 0 Å². The van der Waals surface area contributed by atoms with E-state index < -0.39 is 20.0 Å². The van der Waals surface area contributed by atoms with E-state index in [4.69, 9.17) is 0 Å². The van der Waals surface area contributed by atoms with Gasteiger partial charge in [-0.15, -0.1) is 0 Å². The summed E-state index contributed by atoms with van der Waals surface area (Å²) in [5.41, 5.74) is 3.50. The highest BCUT2D eigenvalue weighted by Gasteiger charge is 2.32. The Morgan fingerprint density at radius 2 is 1.36 bits per heavy atom. The molecule has 2 heterocycles. The zero-order chi connectivity index (χ0) is 23.8. The number of piperidine rings is 1. The normalized spacial score (nSPS) is 21.3. The Bertz CT molecular complexity index is 1200. The molecule has 180 valence electrons. The van der Waals surface area contributed by atoms with Crippen molar-refractivity contribution >= 4 is 25.7 Å². The first kappa shape index (κ1) is 24.2. The quantitative estimate of drug-likeness (QED) is 0.641. The maximum Gasteiger partial charge on any atom is 0.243 e. The summed E-state index contributed by atoms with van der Waals surface area (Å²) in [5.74, 6) is 0. The standard InChI is InChI=1S/C24H33N3O4S2/c1-19-7-8-20(2)24(18-19)25-14-16-26(17-15-25)32(28,29)22-9-11-23(12-10-22)33(30,31)27-13-5-4-6-21(27)3/h7-12,18,21H,4-6,13-17H2,1-3H3/t21-/m0/s1. The molecule has 0 bridgehead atoms. The van der Waals surface area contributed by atoms with E-state index in [0.29, 0.717) is 32.7 Å². The Labute approximate surface area is 198 Å². The molecule has 4 rings (SSSR count). The minimum absolute atomic E-state index is 0.0412. The Balaban J connectivity index is 1.47. The number of piperazine rings is 1. The van der Waals surface area contributed by atoms with Crippen LogP contribution in [0.1, 0.15) is 37.3 Å². The average Bonchev–Trinajstić information content (AvgIpc) is 2.81. The molecule has 2 fully saturated rings. The average molecular weight is 492 g/mol. The number of aryl methyl sites for hydroxylation is 2. The summed E-state index contributed by atoms with van der Waals surface area (Å²) in [7, 11) is -7.31. The van der Waals surface area contributed by atoms with Crippen LogP contribution in [0.25, 0.3) is 0 Å². The lowest BCUT2D eigenvalue weighted by molar-refractivity contribution is 0.268. The lowest BCUT2D eigenvalue weighted by atomic mass is 10.1.